The van der Waals surface area contributed by atoms with Crippen molar-refractivity contribution in [3.8, 4) is 0 Å². The molecule has 0 aliphatic heterocycles. The second-order valence-corrected chi connectivity index (χ2v) is 8.88. The van der Waals surface area contributed by atoms with Crippen LogP contribution in [0.15, 0.2) is 117 Å². The Morgan fingerprint density at radius 1 is 0.448 bits per heavy atom. The van der Waals surface area contributed by atoms with Crippen molar-refractivity contribution in [3.05, 3.63) is 119 Å². The third-order valence-electron chi connectivity index (χ3n) is 5.18. The molecule has 0 fully saturated rings. The molecule has 4 heteroatoms. The van der Waals surface area contributed by atoms with Crippen LogP contribution in [-0.2, 0) is 5.41 Å². The Bertz CT molecular complexity index is 1050. The molecule has 0 N–H and O–H groups in total. The van der Waals surface area contributed by atoms with Gasteiger partial charge in [-0.25, -0.2) is 0 Å². The zero-order chi connectivity index (χ0) is 20.4. The van der Waals surface area contributed by atoms with Crippen molar-refractivity contribution in [2.75, 3.05) is 0 Å². The average molecular weight is 449 g/mol. The zero-order valence-electron chi connectivity index (χ0n) is 15.5. The monoisotopic (exact) mass is 448 g/mol. The summed E-state index contributed by atoms with van der Waals surface area (Å²) in [5.74, 6) is 0. The molecule has 0 saturated heterocycles. The summed E-state index contributed by atoms with van der Waals surface area (Å²) in [6, 6.07) is 33.1. The van der Waals surface area contributed by atoms with Crippen LogP contribution in [0.25, 0.3) is 0 Å². The summed E-state index contributed by atoms with van der Waals surface area (Å²) >= 11 is 19.0. The molecule has 0 unspecified atom stereocenters. The molecule has 0 aromatic heterocycles. The minimum absolute atomic E-state index is 0.617. The van der Waals surface area contributed by atoms with Gasteiger partial charge in [0.25, 0.3) is 0 Å². The van der Waals surface area contributed by atoms with E-state index in [1.165, 1.54) is 0 Å². The lowest BCUT2D eigenvalue weighted by atomic mass is 9.65. The van der Waals surface area contributed by atoms with Gasteiger partial charge in [0.1, 0.15) is 0 Å². The Kier molecular flexibility index (Phi) is 6.07. The SMILES string of the molecule is Sc1ccc(S)c(C(c2ccccc2)(c2ccccc2)c2cc(S)ccc2S)c1. The molecule has 144 valence electrons. The summed E-state index contributed by atoms with van der Waals surface area (Å²) in [6.07, 6.45) is 0. The summed E-state index contributed by atoms with van der Waals surface area (Å²) in [5.41, 5.74) is 3.76. The van der Waals surface area contributed by atoms with Crippen LogP contribution in [0.3, 0.4) is 0 Å². The normalized spacial score (nSPS) is 11.4. The van der Waals surface area contributed by atoms with Crippen molar-refractivity contribution in [1.29, 1.82) is 0 Å². The van der Waals surface area contributed by atoms with E-state index in [1.54, 1.807) is 0 Å². The first-order valence-corrected chi connectivity index (χ1v) is 11.0. The molecule has 29 heavy (non-hydrogen) atoms. The Labute approximate surface area is 194 Å². The molecule has 0 radical (unpaired) electrons. The maximum absolute atomic E-state index is 4.87. The van der Waals surface area contributed by atoms with Gasteiger partial charge in [-0.05, 0) is 58.7 Å². The molecule has 0 atom stereocenters. The lowest BCUT2D eigenvalue weighted by Crippen LogP contribution is -2.32. The van der Waals surface area contributed by atoms with Gasteiger partial charge in [-0.15, -0.1) is 50.5 Å². The Morgan fingerprint density at radius 2 is 0.828 bits per heavy atom. The van der Waals surface area contributed by atoms with Crippen LogP contribution in [0.1, 0.15) is 22.3 Å². The molecule has 4 rings (SSSR count). The summed E-state index contributed by atoms with van der Waals surface area (Å²) in [5, 5.41) is 0. The van der Waals surface area contributed by atoms with Crippen LogP contribution in [0.4, 0.5) is 0 Å². The van der Waals surface area contributed by atoms with Crippen LogP contribution in [0.5, 0.6) is 0 Å². The molecule has 0 saturated carbocycles. The summed E-state index contributed by atoms with van der Waals surface area (Å²) < 4.78 is 0. The van der Waals surface area contributed by atoms with Gasteiger partial charge in [0, 0.05) is 19.6 Å². The summed E-state index contributed by atoms with van der Waals surface area (Å²) in [4.78, 5) is 3.56. The highest BCUT2D eigenvalue weighted by atomic mass is 32.1. The first-order chi connectivity index (χ1) is 14.0. The van der Waals surface area contributed by atoms with E-state index in [-0.39, 0.29) is 0 Å². The van der Waals surface area contributed by atoms with E-state index in [0.29, 0.717) is 0 Å². The van der Waals surface area contributed by atoms with Crippen molar-refractivity contribution in [2.45, 2.75) is 25.0 Å². The Hall–Kier alpha value is -1.72. The third kappa shape index (κ3) is 3.75. The van der Waals surface area contributed by atoms with E-state index >= 15 is 0 Å². The smallest absolute Gasteiger partial charge is 0.0723 e. The van der Waals surface area contributed by atoms with Gasteiger partial charge in [-0.1, -0.05) is 60.7 Å². The third-order valence-corrected chi connectivity index (χ3v) is 6.52. The van der Waals surface area contributed by atoms with Crippen molar-refractivity contribution in [1.82, 2.24) is 0 Å². The summed E-state index contributed by atoms with van der Waals surface area (Å²) in [6.45, 7) is 0. The maximum Gasteiger partial charge on any atom is 0.0723 e. The molecular weight excluding hydrogens is 429 g/mol. The van der Waals surface area contributed by atoms with E-state index in [9.17, 15) is 0 Å². The van der Waals surface area contributed by atoms with Gasteiger partial charge in [0.05, 0.1) is 5.41 Å². The molecule has 4 aromatic carbocycles. The van der Waals surface area contributed by atoms with Gasteiger partial charge >= 0.3 is 0 Å². The Balaban J connectivity index is 2.24. The highest BCUT2D eigenvalue weighted by Crippen LogP contribution is 2.49. The first-order valence-electron chi connectivity index (χ1n) is 9.19. The van der Waals surface area contributed by atoms with E-state index in [1.807, 2.05) is 36.4 Å². The van der Waals surface area contributed by atoms with Crippen LogP contribution in [-0.4, -0.2) is 0 Å². The van der Waals surface area contributed by atoms with E-state index in [0.717, 1.165) is 41.8 Å². The number of hydrogen-bond donors (Lipinski definition) is 4. The fourth-order valence-corrected chi connectivity index (χ4v) is 4.98. The van der Waals surface area contributed by atoms with Crippen LogP contribution >= 0.6 is 50.5 Å². The molecule has 0 amide bonds. The predicted molar refractivity (Wildman–Crippen MR) is 134 cm³/mol. The van der Waals surface area contributed by atoms with E-state index in [2.05, 4.69) is 85.9 Å². The lowest BCUT2D eigenvalue weighted by molar-refractivity contribution is 0.707. The molecule has 0 heterocycles. The van der Waals surface area contributed by atoms with Gasteiger partial charge in [-0.2, -0.15) is 0 Å². The van der Waals surface area contributed by atoms with Gasteiger partial charge in [-0.3, -0.25) is 0 Å². The van der Waals surface area contributed by atoms with Crippen LogP contribution in [0, 0.1) is 0 Å². The van der Waals surface area contributed by atoms with Crippen molar-refractivity contribution < 1.29 is 0 Å². The second-order valence-electron chi connectivity index (χ2n) is 6.88. The predicted octanol–water partition coefficient (Wildman–Crippen LogP) is 7.22. The molecule has 0 nitrogen and oxygen atoms in total. The fourth-order valence-electron chi connectivity index (χ4n) is 3.96. The van der Waals surface area contributed by atoms with Crippen molar-refractivity contribution in [2.24, 2.45) is 0 Å². The molecule has 0 aliphatic carbocycles. The number of rotatable bonds is 4. The lowest BCUT2D eigenvalue weighted by Gasteiger charge is -2.38. The molecule has 0 bridgehead atoms. The number of thiol groups is 4. The Morgan fingerprint density at radius 3 is 1.21 bits per heavy atom. The minimum Gasteiger partial charge on any atom is -0.143 e. The van der Waals surface area contributed by atoms with Crippen LogP contribution < -0.4 is 0 Å². The van der Waals surface area contributed by atoms with Crippen molar-refractivity contribution in [3.63, 3.8) is 0 Å². The molecule has 0 spiro atoms. The van der Waals surface area contributed by atoms with E-state index in [4.69, 9.17) is 25.3 Å². The second kappa shape index (κ2) is 8.57. The highest BCUT2D eigenvalue weighted by molar-refractivity contribution is 7.81. The maximum atomic E-state index is 4.87. The van der Waals surface area contributed by atoms with Crippen LogP contribution in [0.2, 0.25) is 0 Å². The molecule has 0 aliphatic rings. The average Bonchev–Trinajstić information content (AvgIpc) is 2.75. The fraction of sp³-hybridized carbons (Fsp3) is 0.0400. The summed E-state index contributed by atoms with van der Waals surface area (Å²) in [7, 11) is 0. The first kappa shape index (κ1) is 20.5. The highest BCUT2D eigenvalue weighted by Gasteiger charge is 2.41. The molecule has 4 aromatic rings. The van der Waals surface area contributed by atoms with Gasteiger partial charge < -0.3 is 0 Å². The standard InChI is InChI=1S/C25H20S4/c26-19-11-13-23(28)21(15-19)25(17-7-3-1-4-8-17,18-9-5-2-6-10-18)22-16-20(27)12-14-24(22)29/h1-16,26-29H. The molecular formula is C25H20S4. The minimum atomic E-state index is -0.617. The number of benzene rings is 4. The topological polar surface area (TPSA) is 0 Å². The zero-order valence-corrected chi connectivity index (χ0v) is 19.1. The number of hydrogen-bond acceptors (Lipinski definition) is 4. The quantitative estimate of drug-likeness (QED) is 0.184. The largest absolute Gasteiger partial charge is 0.143 e. The van der Waals surface area contributed by atoms with E-state index < -0.39 is 5.41 Å². The van der Waals surface area contributed by atoms with Gasteiger partial charge in [0.15, 0.2) is 0 Å². The van der Waals surface area contributed by atoms with Gasteiger partial charge in [0.2, 0.25) is 0 Å². The van der Waals surface area contributed by atoms with Crippen molar-refractivity contribution >= 4 is 50.5 Å².